The van der Waals surface area contributed by atoms with Crippen LogP contribution < -0.4 is 5.32 Å². The van der Waals surface area contributed by atoms with Gasteiger partial charge in [-0.25, -0.2) is 18.2 Å². The number of hydrogen-bond acceptors (Lipinski definition) is 6. The van der Waals surface area contributed by atoms with E-state index >= 15 is 0 Å². The molecule has 0 saturated carbocycles. The van der Waals surface area contributed by atoms with Gasteiger partial charge in [0.25, 0.3) is 5.91 Å². The van der Waals surface area contributed by atoms with Gasteiger partial charge in [-0.1, -0.05) is 11.6 Å². The van der Waals surface area contributed by atoms with Crippen LogP contribution in [0, 0.1) is 0 Å². The van der Waals surface area contributed by atoms with Gasteiger partial charge in [0.05, 0.1) is 18.1 Å². The summed E-state index contributed by atoms with van der Waals surface area (Å²) in [6.45, 7) is 0. The van der Waals surface area contributed by atoms with Gasteiger partial charge in [0.1, 0.15) is 26.7 Å². The van der Waals surface area contributed by atoms with E-state index in [0.717, 1.165) is 12.5 Å². The highest BCUT2D eigenvalue weighted by Crippen LogP contribution is 2.04. The van der Waals surface area contributed by atoms with Gasteiger partial charge in [-0.15, -0.1) is 0 Å². The fraction of sp³-hybridized carbons (Fsp3) is 0.400. The van der Waals surface area contributed by atoms with E-state index in [2.05, 4.69) is 15.3 Å². The Labute approximate surface area is 120 Å². The highest BCUT2D eigenvalue weighted by molar-refractivity contribution is 7.90. The molecule has 1 atom stereocenters. The number of hydrogen-bond donors (Lipinski definition) is 2. The van der Waals surface area contributed by atoms with Crippen molar-refractivity contribution < 1.29 is 23.1 Å². The molecule has 0 bridgehead atoms. The normalized spacial score (nSPS) is 12.7. The van der Waals surface area contributed by atoms with Crippen molar-refractivity contribution in [1.29, 1.82) is 0 Å². The Morgan fingerprint density at radius 3 is 2.60 bits per heavy atom. The summed E-state index contributed by atoms with van der Waals surface area (Å²) in [5, 5.41) is 11.1. The standard InChI is InChI=1S/C10H12ClN3O5S/c1-20(18,19)3-2-6(10(16)17)14-9(15)7-4-12-5-8(11)13-7/h4-6H,2-3H2,1H3,(H,14,15)(H,16,17). The Morgan fingerprint density at radius 2 is 2.10 bits per heavy atom. The molecule has 1 unspecified atom stereocenters. The largest absolute Gasteiger partial charge is 0.480 e. The number of carbonyl (C=O) groups is 2. The lowest BCUT2D eigenvalue weighted by atomic mass is 10.2. The van der Waals surface area contributed by atoms with Crippen molar-refractivity contribution in [3.8, 4) is 0 Å². The number of nitrogens with zero attached hydrogens (tertiary/aromatic N) is 2. The SMILES string of the molecule is CS(=O)(=O)CCC(NC(=O)c1cncc(Cl)n1)C(=O)O. The predicted molar refractivity (Wildman–Crippen MR) is 70.3 cm³/mol. The first-order chi connectivity index (χ1) is 9.19. The van der Waals surface area contributed by atoms with Gasteiger partial charge in [-0.3, -0.25) is 9.78 Å². The summed E-state index contributed by atoms with van der Waals surface area (Å²) >= 11 is 5.56. The van der Waals surface area contributed by atoms with Gasteiger partial charge in [0.15, 0.2) is 0 Å². The first-order valence-corrected chi connectivity index (χ1v) is 7.82. The van der Waals surface area contributed by atoms with Crippen LogP contribution in [0.4, 0.5) is 0 Å². The second kappa shape index (κ2) is 6.62. The minimum Gasteiger partial charge on any atom is -0.480 e. The second-order valence-corrected chi connectivity index (χ2v) is 6.66. The number of carbonyl (C=O) groups excluding carboxylic acids is 1. The van der Waals surface area contributed by atoms with E-state index in [1.165, 1.54) is 6.20 Å². The third-order valence-electron chi connectivity index (χ3n) is 2.22. The molecule has 0 fully saturated rings. The van der Waals surface area contributed by atoms with Crippen LogP contribution in [0.3, 0.4) is 0 Å². The Balaban J connectivity index is 2.75. The number of carboxylic acid groups (broad SMARTS) is 1. The molecule has 0 spiro atoms. The van der Waals surface area contributed by atoms with Crippen molar-refractivity contribution in [3.63, 3.8) is 0 Å². The zero-order valence-corrected chi connectivity index (χ0v) is 12.0. The number of halogens is 1. The summed E-state index contributed by atoms with van der Waals surface area (Å²) in [7, 11) is -3.32. The average Bonchev–Trinajstić information content (AvgIpc) is 2.32. The number of aliphatic carboxylic acids is 1. The van der Waals surface area contributed by atoms with Crippen molar-refractivity contribution >= 4 is 33.3 Å². The summed E-state index contributed by atoms with van der Waals surface area (Å²) in [5.41, 5.74) is -0.150. The Hall–Kier alpha value is -1.74. The van der Waals surface area contributed by atoms with Crippen molar-refractivity contribution in [2.75, 3.05) is 12.0 Å². The molecule has 1 rings (SSSR count). The molecule has 110 valence electrons. The Kier molecular flexibility index (Phi) is 5.40. The molecule has 0 aliphatic heterocycles. The highest BCUT2D eigenvalue weighted by atomic mass is 35.5. The summed E-state index contributed by atoms with van der Waals surface area (Å²) in [5.74, 6) is -2.48. The van der Waals surface area contributed by atoms with Crippen LogP contribution >= 0.6 is 11.6 Å². The van der Waals surface area contributed by atoms with Gasteiger partial charge in [0, 0.05) is 6.26 Å². The lowest BCUT2D eigenvalue weighted by Gasteiger charge is -2.13. The topological polar surface area (TPSA) is 126 Å². The molecule has 0 aromatic carbocycles. The first kappa shape index (κ1) is 16.3. The summed E-state index contributed by atoms with van der Waals surface area (Å²) in [6, 6.07) is -1.34. The molecule has 1 amide bonds. The fourth-order valence-electron chi connectivity index (χ4n) is 1.27. The molecule has 0 aliphatic rings. The van der Waals surface area contributed by atoms with Crippen LogP contribution in [0.25, 0.3) is 0 Å². The molecule has 20 heavy (non-hydrogen) atoms. The lowest BCUT2D eigenvalue weighted by molar-refractivity contribution is -0.139. The maximum Gasteiger partial charge on any atom is 0.326 e. The predicted octanol–water partition coefficient (Wildman–Crippen LogP) is -0.252. The van der Waals surface area contributed by atoms with E-state index in [4.69, 9.17) is 16.7 Å². The number of sulfone groups is 1. The van der Waals surface area contributed by atoms with Crippen LogP contribution in [0.2, 0.25) is 5.15 Å². The maximum absolute atomic E-state index is 11.8. The van der Waals surface area contributed by atoms with E-state index in [1.54, 1.807) is 0 Å². The lowest BCUT2D eigenvalue weighted by Crippen LogP contribution is -2.42. The molecule has 8 nitrogen and oxygen atoms in total. The van der Waals surface area contributed by atoms with E-state index in [9.17, 15) is 18.0 Å². The quantitative estimate of drug-likeness (QED) is 0.739. The molecule has 2 N–H and O–H groups in total. The number of aromatic nitrogens is 2. The van der Waals surface area contributed by atoms with Gasteiger partial charge >= 0.3 is 5.97 Å². The van der Waals surface area contributed by atoms with E-state index in [-0.39, 0.29) is 23.0 Å². The summed E-state index contributed by atoms with van der Waals surface area (Å²) < 4.78 is 22.0. The third-order valence-corrected chi connectivity index (χ3v) is 3.38. The second-order valence-electron chi connectivity index (χ2n) is 4.01. The van der Waals surface area contributed by atoms with Gasteiger partial charge < -0.3 is 10.4 Å². The summed E-state index contributed by atoms with van der Waals surface area (Å²) in [4.78, 5) is 30.0. The fourth-order valence-corrected chi connectivity index (χ4v) is 2.08. The van der Waals surface area contributed by atoms with Crippen molar-refractivity contribution in [2.24, 2.45) is 0 Å². The molecular weight excluding hydrogens is 310 g/mol. The molecular formula is C10H12ClN3O5S. The smallest absolute Gasteiger partial charge is 0.326 e. The van der Waals surface area contributed by atoms with Crippen LogP contribution in [0.5, 0.6) is 0 Å². The zero-order chi connectivity index (χ0) is 15.3. The molecule has 10 heteroatoms. The van der Waals surface area contributed by atoms with Crippen molar-refractivity contribution in [1.82, 2.24) is 15.3 Å². The highest BCUT2D eigenvalue weighted by Gasteiger charge is 2.23. The third kappa shape index (κ3) is 5.49. The zero-order valence-electron chi connectivity index (χ0n) is 10.4. The van der Waals surface area contributed by atoms with Crippen LogP contribution in [0.15, 0.2) is 12.4 Å². The van der Waals surface area contributed by atoms with E-state index in [1.807, 2.05) is 0 Å². The molecule has 0 aliphatic carbocycles. The van der Waals surface area contributed by atoms with Crippen molar-refractivity contribution in [2.45, 2.75) is 12.5 Å². The average molecular weight is 322 g/mol. The van der Waals surface area contributed by atoms with E-state index < -0.39 is 27.8 Å². The minimum atomic E-state index is -3.32. The number of carboxylic acids is 1. The molecule has 1 aromatic rings. The minimum absolute atomic E-state index is 0.0133. The summed E-state index contributed by atoms with van der Waals surface area (Å²) in [6.07, 6.45) is 3.08. The van der Waals surface area contributed by atoms with Gasteiger partial charge in [-0.05, 0) is 6.42 Å². The number of amides is 1. The van der Waals surface area contributed by atoms with Gasteiger partial charge in [-0.2, -0.15) is 0 Å². The van der Waals surface area contributed by atoms with Crippen LogP contribution in [0.1, 0.15) is 16.9 Å². The Bertz CT molecular complexity index is 619. The molecule has 0 radical (unpaired) electrons. The monoisotopic (exact) mass is 321 g/mol. The molecule has 1 aromatic heterocycles. The van der Waals surface area contributed by atoms with Crippen molar-refractivity contribution in [3.05, 3.63) is 23.2 Å². The first-order valence-electron chi connectivity index (χ1n) is 5.38. The maximum atomic E-state index is 11.8. The van der Waals surface area contributed by atoms with Gasteiger partial charge in [0.2, 0.25) is 0 Å². The van der Waals surface area contributed by atoms with Crippen LogP contribution in [-0.2, 0) is 14.6 Å². The number of nitrogens with one attached hydrogen (secondary N) is 1. The molecule has 1 heterocycles. The number of rotatable bonds is 6. The van der Waals surface area contributed by atoms with Crippen LogP contribution in [-0.4, -0.2) is 53.4 Å². The van der Waals surface area contributed by atoms with E-state index in [0.29, 0.717) is 0 Å². The Morgan fingerprint density at radius 1 is 1.45 bits per heavy atom. The molecule has 0 saturated heterocycles.